The van der Waals surface area contributed by atoms with E-state index in [1.165, 1.54) is 6.26 Å². The van der Waals surface area contributed by atoms with E-state index in [0.29, 0.717) is 18.7 Å². The van der Waals surface area contributed by atoms with E-state index in [0.717, 1.165) is 11.3 Å². The molecule has 0 unspecified atom stereocenters. The molecule has 1 amide bonds. The van der Waals surface area contributed by atoms with Crippen LogP contribution in [0.1, 0.15) is 23.7 Å². The molecule has 7 nitrogen and oxygen atoms in total. The van der Waals surface area contributed by atoms with Crippen LogP contribution in [0.15, 0.2) is 35.4 Å². The number of benzene rings is 1. The molecule has 3 rings (SSSR count). The Hall–Kier alpha value is -2.35. The van der Waals surface area contributed by atoms with Gasteiger partial charge in [-0.25, -0.2) is 8.42 Å². The largest absolute Gasteiger partial charge is 0.384 e. The second-order valence-corrected chi connectivity index (χ2v) is 8.86. The Morgan fingerprint density at radius 2 is 1.96 bits per heavy atom. The maximum atomic E-state index is 12.3. The molecule has 8 heteroatoms. The maximum Gasteiger partial charge on any atom is 0.223 e. The van der Waals surface area contributed by atoms with E-state index in [9.17, 15) is 13.2 Å². The van der Waals surface area contributed by atoms with Gasteiger partial charge in [-0.3, -0.25) is 9.48 Å². The van der Waals surface area contributed by atoms with Crippen molar-refractivity contribution < 1.29 is 13.2 Å². The molecule has 1 aromatic heterocycles. The molecule has 0 aliphatic carbocycles. The molecule has 1 aromatic carbocycles. The van der Waals surface area contributed by atoms with Crippen LogP contribution in [-0.4, -0.2) is 48.9 Å². The number of nitrogens with one attached hydrogen (secondary N) is 1. The summed E-state index contributed by atoms with van der Waals surface area (Å²) in [7, 11) is 0.367. The highest BCUT2D eigenvalue weighted by molar-refractivity contribution is 7.90. The molecule has 0 bridgehead atoms. The van der Waals surface area contributed by atoms with E-state index in [2.05, 4.69) is 10.4 Å². The van der Waals surface area contributed by atoms with Crippen LogP contribution in [0.4, 0.5) is 5.69 Å². The Morgan fingerprint density at radius 1 is 1.27 bits per heavy atom. The molecule has 2 heterocycles. The zero-order valence-electron chi connectivity index (χ0n) is 15.4. The molecule has 140 valence electrons. The van der Waals surface area contributed by atoms with E-state index in [1.807, 2.05) is 27.2 Å². The molecule has 26 heavy (non-hydrogen) atoms. The number of hydrogen-bond donors (Lipinski definition) is 1. The van der Waals surface area contributed by atoms with Crippen LogP contribution in [0.5, 0.6) is 0 Å². The number of aryl methyl sites for hydroxylation is 1. The lowest BCUT2D eigenvalue weighted by Crippen LogP contribution is -2.27. The van der Waals surface area contributed by atoms with Crippen LogP contribution in [0, 0.1) is 12.8 Å². The summed E-state index contributed by atoms with van der Waals surface area (Å²) in [6, 6.07) is 6.77. The van der Waals surface area contributed by atoms with Gasteiger partial charge in [0.15, 0.2) is 9.84 Å². The van der Waals surface area contributed by atoms with E-state index in [-0.39, 0.29) is 22.8 Å². The summed E-state index contributed by atoms with van der Waals surface area (Å²) in [5, 5.41) is 7.54. The molecule has 1 N–H and O–H groups in total. The Balaban J connectivity index is 1.85. The lowest BCUT2D eigenvalue weighted by molar-refractivity contribution is -0.127. The summed E-state index contributed by atoms with van der Waals surface area (Å²) in [4.78, 5) is 14.3. The molecule has 1 saturated heterocycles. The van der Waals surface area contributed by atoms with Crippen LogP contribution >= 0.6 is 0 Å². The molecule has 2 aromatic rings. The van der Waals surface area contributed by atoms with Gasteiger partial charge < -0.3 is 10.2 Å². The number of nitrogens with zero attached hydrogens (tertiary/aromatic N) is 3. The third-order valence-electron chi connectivity index (χ3n) is 5.13. The molecular weight excluding hydrogens is 352 g/mol. The number of sulfone groups is 1. The minimum Gasteiger partial charge on any atom is -0.384 e. The first-order chi connectivity index (χ1) is 12.2. The summed E-state index contributed by atoms with van der Waals surface area (Å²) in [6.07, 6.45) is 3.43. The standard InChI is InChI=1S/C18H24N4O3S/c1-12-14(11-20-22(12)3)18-13(9-17(23)21(18)2)10-19-15-7-5-6-8-16(15)26(4,24)25/h5-8,11,13,18-19H,9-10H2,1-4H3/t13-,18+/m1/s1. The second-order valence-electron chi connectivity index (χ2n) is 6.87. The van der Waals surface area contributed by atoms with Crippen LogP contribution in [0.3, 0.4) is 0 Å². The third-order valence-corrected chi connectivity index (χ3v) is 6.28. The van der Waals surface area contributed by atoms with Gasteiger partial charge in [0.25, 0.3) is 0 Å². The van der Waals surface area contributed by atoms with Gasteiger partial charge in [0.1, 0.15) is 0 Å². The predicted octanol–water partition coefficient (Wildman–Crippen LogP) is 1.76. The van der Waals surface area contributed by atoms with Crippen molar-refractivity contribution in [2.45, 2.75) is 24.3 Å². The first kappa shape index (κ1) is 18.4. The summed E-state index contributed by atoms with van der Waals surface area (Å²) in [5.74, 6) is 0.115. The molecule has 1 aliphatic heterocycles. The van der Waals surface area contributed by atoms with Crippen LogP contribution < -0.4 is 5.32 Å². The van der Waals surface area contributed by atoms with Crippen molar-refractivity contribution in [1.29, 1.82) is 0 Å². The van der Waals surface area contributed by atoms with Crippen molar-refractivity contribution in [2.75, 3.05) is 25.2 Å². The van der Waals surface area contributed by atoms with Crippen molar-refractivity contribution in [3.8, 4) is 0 Å². The van der Waals surface area contributed by atoms with Crippen molar-refractivity contribution in [1.82, 2.24) is 14.7 Å². The van der Waals surface area contributed by atoms with Crippen molar-refractivity contribution in [2.24, 2.45) is 13.0 Å². The summed E-state index contributed by atoms with van der Waals surface area (Å²) in [6.45, 7) is 2.49. The first-order valence-electron chi connectivity index (χ1n) is 8.47. The van der Waals surface area contributed by atoms with Crippen molar-refractivity contribution >= 4 is 21.4 Å². The maximum absolute atomic E-state index is 12.3. The monoisotopic (exact) mass is 376 g/mol. The SMILES string of the molecule is Cc1c([C@@H]2[C@@H](CNc3ccccc3S(C)(=O)=O)CC(=O)N2C)cnn1C. The number of carbonyl (C=O) groups excluding carboxylic acids is 1. The average Bonchev–Trinajstić information content (AvgIpc) is 3.05. The van der Waals surface area contributed by atoms with E-state index in [1.54, 1.807) is 33.8 Å². The fourth-order valence-corrected chi connectivity index (χ4v) is 4.45. The molecule has 0 spiro atoms. The molecule has 2 atom stereocenters. The molecule has 0 saturated carbocycles. The second kappa shape index (κ2) is 6.75. The first-order valence-corrected chi connectivity index (χ1v) is 10.4. The highest BCUT2D eigenvalue weighted by Gasteiger charge is 2.39. The zero-order valence-corrected chi connectivity index (χ0v) is 16.2. The van der Waals surface area contributed by atoms with E-state index >= 15 is 0 Å². The average molecular weight is 376 g/mol. The highest BCUT2D eigenvalue weighted by Crippen LogP contribution is 2.38. The van der Waals surface area contributed by atoms with Gasteiger partial charge in [-0.2, -0.15) is 5.10 Å². The third kappa shape index (κ3) is 3.33. The van der Waals surface area contributed by atoms with Gasteiger partial charge >= 0.3 is 0 Å². The van der Waals surface area contributed by atoms with Crippen LogP contribution in [0.25, 0.3) is 0 Å². The van der Waals surface area contributed by atoms with Crippen LogP contribution in [0.2, 0.25) is 0 Å². The number of likely N-dealkylation sites (tertiary alicyclic amines) is 1. The number of aromatic nitrogens is 2. The number of anilines is 1. The van der Waals surface area contributed by atoms with E-state index < -0.39 is 9.84 Å². The van der Waals surface area contributed by atoms with Gasteiger partial charge in [-0.15, -0.1) is 0 Å². The number of carbonyl (C=O) groups is 1. The predicted molar refractivity (Wildman–Crippen MR) is 99.6 cm³/mol. The Kier molecular flexibility index (Phi) is 4.79. The van der Waals surface area contributed by atoms with E-state index in [4.69, 9.17) is 0 Å². The van der Waals surface area contributed by atoms with Gasteiger partial charge in [0.2, 0.25) is 5.91 Å². The van der Waals surface area contributed by atoms with Crippen LogP contribution in [-0.2, 0) is 21.7 Å². The van der Waals surface area contributed by atoms with Crippen molar-refractivity contribution in [3.05, 3.63) is 41.7 Å². The minimum absolute atomic E-state index is 0.0306. The van der Waals surface area contributed by atoms with Gasteiger partial charge in [0, 0.05) is 50.5 Å². The summed E-state index contributed by atoms with van der Waals surface area (Å²) >= 11 is 0. The van der Waals surface area contributed by atoms with Gasteiger partial charge in [0.05, 0.1) is 22.8 Å². The summed E-state index contributed by atoms with van der Waals surface area (Å²) in [5.41, 5.74) is 2.63. The lowest BCUT2D eigenvalue weighted by atomic mass is 9.94. The molecular formula is C18H24N4O3S. The van der Waals surface area contributed by atoms with Gasteiger partial charge in [-0.05, 0) is 19.1 Å². The lowest BCUT2D eigenvalue weighted by Gasteiger charge is -2.25. The Bertz CT molecular complexity index is 936. The zero-order chi connectivity index (χ0) is 19.1. The normalized spacial score (nSPS) is 20.6. The minimum atomic E-state index is -3.32. The number of hydrogen-bond acceptors (Lipinski definition) is 5. The smallest absolute Gasteiger partial charge is 0.223 e. The number of rotatable bonds is 5. The fraction of sp³-hybridized carbons (Fsp3) is 0.444. The summed E-state index contributed by atoms with van der Waals surface area (Å²) < 4.78 is 25.7. The topological polar surface area (TPSA) is 84.3 Å². The molecule has 1 fully saturated rings. The molecule has 1 aliphatic rings. The molecule has 0 radical (unpaired) electrons. The quantitative estimate of drug-likeness (QED) is 0.860. The van der Waals surface area contributed by atoms with Crippen molar-refractivity contribution in [3.63, 3.8) is 0 Å². The van der Waals surface area contributed by atoms with Gasteiger partial charge in [-0.1, -0.05) is 12.1 Å². The highest BCUT2D eigenvalue weighted by atomic mass is 32.2. The Morgan fingerprint density at radius 3 is 2.58 bits per heavy atom. The number of para-hydroxylation sites is 1. The number of amides is 1. The Labute approximate surface area is 153 Å². The fourth-order valence-electron chi connectivity index (χ4n) is 3.58.